The van der Waals surface area contributed by atoms with E-state index < -0.39 is 10.0 Å². The fraction of sp³-hybridized carbons (Fsp3) is 0.355. The van der Waals surface area contributed by atoms with Gasteiger partial charge in [0, 0.05) is 5.39 Å². The Bertz CT molecular complexity index is 1480. The average molecular weight is 486 g/mol. The van der Waals surface area contributed by atoms with Gasteiger partial charge in [0.05, 0.1) is 10.9 Å². The SMILES string of the molecule is Cc1ccc2ccccc2c1-c1cc(NS(=O)(=O)C2CCCCC2)c2ccccc2c1CC(C)C. The number of benzene rings is 4. The number of aryl methyl sites for hydroxylation is 1. The molecule has 1 fully saturated rings. The second-order valence-electron chi connectivity index (χ2n) is 10.5. The first-order valence-electron chi connectivity index (χ1n) is 12.9. The van der Waals surface area contributed by atoms with Crippen LogP contribution in [0.5, 0.6) is 0 Å². The highest BCUT2D eigenvalue weighted by Gasteiger charge is 2.28. The zero-order valence-corrected chi connectivity index (χ0v) is 21.8. The third kappa shape index (κ3) is 4.69. The van der Waals surface area contributed by atoms with Crippen molar-refractivity contribution in [1.82, 2.24) is 0 Å². The Kier molecular flexibility index (Phi) is 6.59. The molecular weight excluding hydrogens is 450 g/mol. The van der Waals surface area contributed by atoms with E-state index in [1.807, 2.05) is 6.07 Å². The first-order valence-corrected chi connectivity index (χ1v) is 14.4. The van der Waals surface area contributed by atoms with Crippen molar-refractivity contribution in [3.05, 3.63) is 77.9 Å². The van der Waals surface area contributed by atoms with Gasteiger partial charge in [0.15, 0.2) is 0 Å². The normalized spacial score (nSPS) is 15.2. The van der Waals surface area contributed by atoms with Crippen LogP contribution < -0.4 is 4.72 Å². The maximum Gasteiger partial charge on any atom is 0.235 e. The molecule has 0 aromatic heterocycles. The Morgan fingerprint density at radius 1 is 0.857 bits per heavy atom. The maximum absolute atomic E-state index is 13.5. The molecule has 5 rings (SSSR count). The summed E-state index contributed by atoms with van der Waals surface area (Å²) in [4.78, 5) is 0. The van der Waals surface area contributed by atoms with Gasteiger partial charge in [-0.1, -0.05) is 93.8 Å². The Morgan fingerprint density at radius 3 is 2.23 bits per heavy atom. The van der Waals surface area contributed by atoms with Gasteiger partial charge in [-0.3, -0.25) is 4.72 Å². The van der Waals surface area contributed by atoms with Crippen LogP contribution >= 0.6 is 0 Å². The van der Waals surface area contributed by atoms with Crippen LogP contribution in [-0.2, 0) is 16.4 Å². The molecule has 1 N–H and O–H groups in total. The number of fused-ring (bicyclic) bond motifs is 2. The van der Waals surface area contributed by atoms with E-state index >= 15 is 0 Å². The summed E-state index contributed by atoms with van der Waals surface area (Å²) in [5.41, 5.74) is 5.51. The zero-order chi connectivity index (χ0) is 24.6. The van der Waals surface area contributed by atoms with Crippen LogP contribution in [0.2, 0.25) is 0 Å². The molecule has 0 aliphatic heterocycles. The number of hydrogen-bond acceptors (Lipinski definition) is 2. The molecule has 1 saturated carbocycles. The lowest BCUT2D eigenvalue weighted by Gasteiger charge is -2.25. The lowest BCUT2D eigenvalue weighted by Crippen LogP contribution is -2.29. The molecule has 4 aromatic rings. The second-order valence-corrected chi connectivity index (χ2v) is 12.4. The Balaban J connectivity index is 1.78. The first kappa shape index (κ1) is 23.9. The van der Waals surface area contributed by atoms with Crippen molar-refractivity contribution < 1.29 is 8.42 Å². The number of hydrogen-bond donors (Lipinski definition) is 1. The third-order valence-electron chi connectivity index (χ3n) is 7.42. The van der Waals surface area contributed by atoms with Crippen molar-refractivity contribution in [2.75, 3.05) is 4.72 Å². The third-order valence-corrected chi connectivity index (χ3v) is 9.27. The molecular formula is C31H35NO2S. The monoisotopic (exact) mass is 485 g/mol. The van der Waals surface area contributed by atoms with Crippen molar-refractivity contribution in [3.63, 3.8) is 0 Å². The summed E-state index contributed by atoms with van der Waals surface area (Å²) in [6.07, 6.45) is 5.51. The molecule has 4 heteroatoms. The molecule has 0 spiro atoms. The van der Waals surface area contributed by atoms with E-state index in [0.29, 0.717) is 11.6 Å². The van der Waals surface area contributed by atoms with Crippen LogP contribution in [-0.4, -0.2) is 13.7 Å². The van der Waals surface area contributed by atoms with Crippen LogP contribution in [0.4, 0.5) is 5.69 Å². The van der Waals surface area contributed by atoms with Crippen molar-refractivity contribution in [3.8, 4) is 11.1 Å². The van der Waals surface area contributed by atoms with Gasteiger partial charge in [-0.25, -0.2) is 8.42 Å². The van der Waals surface area contributed by atoms with E-state index in [1.165, 1.54) is 27.5 Å². The quantitative estimate of drug-likeness (QED) is 0.299. The van der Waals surface area contributed by atoms with Crippen LogP contribution in [0, 0.1) is 12.8 Å². The van der Waals surface area contributed by atoms with Gasteiger partial charge < -0.3 is 0 Å². The summed E-state index contributed by atoms with van der Waals surface area (Å²) < 4.78 is 30.0. The Hall–Kier alpha value is -2.85. The van der Waals surface area contributed by atoms with Crippen LogP contribution in [0.15, 0.2) is 66.7 Å². The average Bonchev–Trinajstić information content (AvgIpc) is 2.86. The summed E-state index contributed by atoms with van der Waals surface area (Å²) in [5.74, 6) is 0.470. The van der Waals surface area contributed by atoms with Gasteiger partial charge in [-0.2, -0.15) is 0 Å². The van der Waals surface area contributed by atoms with Crippen LogP contribution in [0.25, 0.3) is 32.7 Å². The Labute approximate surface area is 209 Å². The topological polar surface area (TPSA) is 46.2 Å². The van der Waals surface area contributed by atoms with Crippen LogP contribution in [0.3, 0.4) is 0 Å². The highest BCUT2D eigenvalue weighted by Crippen LogP contribution is 2.42. The van der Waals surface area contributed by atoms with Crippen molar-refractivity contribution in [1.29, 1.82) is 0 Å². The summed E-state index contributed by atoms with van der Waals surface area (Å²) in [5, 5.41) is 4.19. The van der Waals surface area contributed by atoms with E-state index in [4.69, 9.17) is 0 Å². The number of sulfonamides is 1. The molecule has 0 saturated heterocycles. The molecule has 0 bridgehead atoms. The minimum Gasteiger partial charge on any atom is -0.283 e. The fourth-order valence-corrected chi connectivity index (χ4v) is 7.32. The molecule has 0 heterocycles. The van der Waals surface area contributed by atoms with E-state index in [0.717, 1.165) is 54.9 Å². The predicted octanol–water partition coefficient (Wildman–Crippen LogP) is 8.24. The minimum absolute atomic E-state index is 0.312. The summed E-state index contributed by atoms with van der Waals surface area (Å²) in [7, 11) is -3.47. The largest absolute Gasteiger partial charge is 0.283 e. The van der Waals surface area contributed by atoms with E-state index in [-0.39, 0.29) is 5.25 Å². The summed E-state index contributed by atoms with van der Waals surface area (Å²) >= 11 is 0. The van der Waals surface area contributed by atoms with Crippen molar-refractivity contribution in [2.45, 2.75) is 64.5 Å². The number of rotatable bonds is 6. The van der Waals surface area contributed by atoms with Crippen molar-refractivity contribution >= 4 is 37.3 Å². The molecule has 3 nitrogen and oxygen atoms in total. The van der Waals surface area contributed by atoms with Crippen molar-refractivity contribution in [2.24, 2.45) is 5.92 Å². The molecule has 4 aromatic carbocycles. The second kappa shape index (κ2) is 9.66. The van der Waals surface area contributed by atoms with Gasteiger partial charge in [0.1, 0.15) is 0 Å². The maximum atomic E-state index is 13.5. The van der Waals surface area contributed by atoms with Gasteiger partial charge >= 0.3 is 0 Å². The van der Waals surface area contributed by atoms with Crippen LogP contribution in [0.1, 0.15) is 57.1 Å². The molecule has 0 unspecified atom stereocenters. The fourth-order valence-electron chi connectivity index (χ4n) is 5.72. The number of nitrogens with one attached hydrogen (secondary N) is 1. The van der Waals surface area contributed by atoms with Gasteiger partial charge in [-0.05, 0) is 76.6 Å². The number of anilines is 1. The smallest absolute Gasteiger partial charge is 0.235 e. The molecule has 182 valence electrons. The van der Waals surface area contributed by atoms with E-state index in [1.54, 1.807) is 0 Å². The molecule has 1 aliphatic carbocycles. The first-order chi connectivity index (χ1) is 16.8. The molecule has 0 atom stereocenters. The molecule has 35 heavy (non-hydrogen) atoms. The lowest BCUT2D eigenvalue weighted by molar-refractivity contribution is 0.486. The van der Waals surface area contributed by atoms with E-state index in [9.17, 15) is 8.42 Å². The highest BCUT2D eigenvalue weighted by atomic mass is 32.2. The highest BCUT2D eigenvalue weighted by molar-refractivity contribution is 7.93. The summed E-state index contributed by atoms with van der Waals surface area (Å²) in [6.45, 7) is 6.64. The molecule has 1 aliphatic rings. The van der Waals surface area contributed by atoms with E-state index in [2.05, 4.69) is 86.2 Å². The minimum atomic E-state index is -3.47. The standard InChI is InChI=1S/C31H35NO2S/c1-21(2)19-28-26-15-9-10-16-27(26)30(32-35(33,34)24-12-5-4-6-13-24)20-29(28)31-22(3)17-18-23-11-7-8-14-25(23)31/h7-11,14-18,20-21,24,32H,4-6,12-13,19H2,1-3H3. The molecule has 0 amide bonds. The lowest BCUT2D eigenvalue weighted by atomic mass is 9.85. The molecule has 0 radical (unpaired) electrons. The predicted molar refractivity (Wildman–Crippen MR) is 150 cm³/mol. The van der Waals surface area contributed by atoms with Gasteiger partial charge in [0.25, 0.3) is 0 Å². The zero-order valence-electron chi connectivity index (χ0n) is 21.0. The van der Waals surface area contributed by atoms with Gasteiger partial charge in [-0.15, -0.1) is 0 Å². The summed E-state index contributed by atoms with van der Waals surface area (Å²) in [6, 6.07) is 23.2. The Morgan fingerprint density at radius 2 is 1.51 bits per heavy atom. The van der Waals surface area contributed by atoms with Gasteiger partial charge in [0.2, 0.25) is 10.0 Å².